The van der Waals surface area contributed by atoms with Gasteiger partial charge in [0.15, 0.2) is 0 Å². The standard InChI is InChI=1S/C13H14O/c1-2-6-12(7-3-1)10-14-11-13-8-4-5-9-13/h1-9,13H,10-11H2. The first-order valence-electron chi connectivity index (χ1n) is 4.92. The Morgan fingerprint density at radius 1 is 1.00 bits per heavy atom. The van der Waals surface area contributed by atoms with E-state index in [2.05, 4.69) is 36.4 Å². The molecule has 0 bridgehead atoms. The summed E-state index contributed by atoms with van der Waals surface area (Å²) in [5.41, 5.74) is 1.23. The van der Waals surface area contributed by atoms with Crippen molar-refractivity contribution in [1.82, 2.24) is 0 Å². The molecule has 0 radical (unpaired) electrons. The smallest absolute Gasteiger partial charge is 0.0717 e. The van der Waals surface area contributed by atoms with Gasteiger partial charge in [0, 0.05) is 5.92 Å². The Morgan fingerprint density at radius 2 is 1.71 bits per heavy atom. The Bertz CT molecular complexity index is 312. The number of benzene rings is 1. The molecule has 1 aliphatic carbocycles. The zero-order valence-electron chi connectivity index (χ0n) is 8.10. The molecule has 0 N–H and O–H groups in total. The Morgan fingerprint density at radius 3 is 2.43 bits per heavy atom. The molecule has 0 heterocycles. The van der Waals surface area contributed by atoms with Crippen LogP contribution in [0.5, 0.6) is 0 Å². The topological polar surface area (TPSA) is 9.23 Å². The minimum atomic E-state index is 0.471. The summed E-state index contributed by atoms with van der Waals surface area (Å²) in [7, 11) is 0. The van der Waals surface area contributed by atoms with Crippen molar-refractivity contribution in [3.05, 3.63) is 60.2 Å². The molecule has 0 saturated carbocycles. The van der Waals surface area contributed by atoms with Crippen molar-refractivity contribution in [3.8, 4) is 0 Å². The molecular formula is C13H14O. The van der Waals surface area contributed by atoms with Gasteiger partial charge < -0.3 is 4.74 Å². The first-order valence-corrected chi connectivity index (χ1v) is 4.92. The predicted molar refractivity (Wildman–Crippen MR) is 57.9 cm³/mol. The summed E-state index contributed by atoms with van der Waals surface area (Å²) < 4.78 is 5.60. The molecule has 1 heteroatoms. The third-order valence-corrected chi connectivity index (χ3v) is 2.25. The summed E-state index contributed by atoms with van der Waals surface area (Å²) in [6, 6.07) is 10.3. The van der Waals surface area contributed by atoms with Crippen molar-refractivity contribution in [2.45, 2.75) is 6.61 Å². The van der Waals surface area contributed by atoms with Crippen LogP contribution in [0.4, 0.5) is 0 Å². The van der Waals surface area contributed by atoms with Gasteiger partial charge in [0.1, 0.15) is 0 Å². The van der Waals surface area contributed by atoms with E-state index in [0.29, 0.717) is 12.5 Å². The highest BCUT2D eigenvalue weighted by Crippen LogP contribution is 2.10. The first-order chi connectivity index (χ1) is 6.95. The fourth-order valence-electron chi connectivity index (χ4n) is 1.48. The zero-order valence-corrected chi connectivity index (χ0v) is 8.10. The average Bonchev–Trinajstić information content (AvgIpc) is 2.72. The lowest BCUT2D eigenvalue weighted by Crippen LogP contribution is -2.02. The van der Waals surface area contributed by atoms with Crippen LogP contribution < -0.4 is 0 Å². The maximum atomic E-state index is 5.60. The molecule has 2 rings (SSSR count). The number of rotatable bonds is 4. The van der Waals surface area contributed by atoms with Gasteiger partial charge in [-0.2, -0.15) is 0 Å². The quantitative estimate of drug-likeness (QED) is 0.702. The Balaban J connectivity index is 1.73. The van der Waals surface area contributed by atoms with Crippen molar-refractivity contribution in [2.24, 2.45) is 5.92 Å². The lowest BCUT2D eigenvalue weighted by atomic mass is 10.2. The molecule has 1 aromatic rings. The molecule has 0 aliphatic heterocycles. The van der Waals surface area contributed by atoms with Gasteiger partial charge in [0.2, 0.25) is 0 Å². The molecule has 72 valence electrons. The van der Waals surface area contributed by atoms with Crippen LogP contribution in [0.25, 0.3) is 0 Å². The molecule has 14 heavy (non-hydrogen) atoms. The summed E-state index contributed by atoms with van der Waals surface area (Å²) in [5.74, 6) is 0.471. The number of ether oxygens (including phenoxy) is 1. The van der Waals surface area contributed by atoms with Crippen LogP contribution in [0, 0.1) is 5.92 Å². The van der Waals surface area contributed by atoms with Crippen molar-refractivity contribution in [1.29, 1.82) is 0 Å². The second-order valence-corrected chi connectivity index (χ2v) is 3.43. The summed E-state index contributed by atoms with van der Waals surface area (Å²) in [5, 5.41) is 0. The van der Waals surface area contributed by atoms with E-state index in [9.17, 15) is 0 Å². The first kappa shape index (κ1) is 9.22. The molecule has 1 aromatic carbocycles. The molecule has 0 aromatic heterocycles. The largest absolute Gasteiger partial charge is 0.376 e. The van der Waals surface area contributed by atoms with Gasteiger partial charge in [0.25, 0.3) is 0 Å². The zero-order chi connectivity index (χ0) is 9.64. The number of hydrogen-bond donors (Lipinski definition) is 0. The van der Waals surface area contributed by atoms with Crippen LogP contribution >= 0.6 is 0 Å². The molecule has 0 unspecified atom stereocenters. The summed E-state index contributed by atoms with van der Waals surface area (Å²) in [6.07, 6.45) is 8.45. The molecule has 0 saturated heterocycles. The Hall–Kier alpha value is -1.34. The van der Waals surface area contributed by atoms with E-state index in [-0.39, 0.29) is 0 Å². The van der Waals surface area contributed by atoms with Crippen LogP contribution in [0.3, 0.4) is 0 Å². The Labute approximate surface area is 84.7 Å². The van der Waals surface area contributed by atoms with Gasteiger partial charge >= 0.3 is 0 Å². The van der Waals surface area contributed by atoms with E-state index in [0.717, 1.165) is 6.61 Å². The third-order valence-electron chi connectivity index (χ3n) is 2.25. The van der Waals surface area contributed by atoms with Gasteiger partial charge in [0.05, 0.1) is 13.2 Å². The van der Waals surface area contributed by atoms with Crippen LogP contribution in [0.15, 0.2) is 54.6 Å². The minimum Gasteiger partial charge on any atom is -0.376 e. The van der Waals surface area contributed by atoms with E-state index in [1.54, 1.807) is 0 Å². The van der Waals surface area contributed by atoms with E-state index in [1.807, 2.05) is 18.2 Å². The fraction of sp³-hybridized carbons (Fsp3) is 0.231. The molecule has 0 amide bonds. The molecule has 0 atom stereocenters. The SMILES string of the molecule is C1=CC(COCc2ccccc2)C=C1. The molecule has 0 fully saturated rings. The van der Waals surface area contributed by atoms with Crippen molar-refractivity contribution in [3.63, 3.8) is 0 Å². The molecule has 0 spiro atoms. The summed E-state index contributed by atoms with van der Waals surface area (Å²) >= 11 is 0. The number of hydrogen-bond acceptors (Lipinski definition) is 1. The summed E-state index contributed by atoms with van der Waals surface area (Å²) in [4.78, 5) is 0. The minimum absolute atomic E-state index is 0.471. The second-order valence-electron chi connectivity index (χ2n) is 3.43. The maximum absolute atomic E-state index is 5.60. The van der Waals surface area contributed by atoms with Crippen molar-refractivity contribution in [2.75, 3.05) is 6.61 Å². The van der Waals surface area contributed by atoms with Crippen LogP contribution in [0.2, 0.25) is 0 Å². The molecule has 1 aliphatic rings. The Kier molecular flexibility index (Phi) is 3.15. The lowest BCUT2D eigenvalue weighted by molar-refractivity contribution is 0.110. The maximum Gasteiger partial charge on any atom is 0.0717 e. The lowest BCUT2D eigenvalue weighted by Gasteiger charge is -2.06. The van der Waals surface area contributed by atoms with Crippen LogP contribution in [-0.2, 0) is 11.3 Å². The highest BCUT2D eigenvalue weighted by Gasteiger charge is 2.02. The number of allylic oxidation sites excluding steroid dienone is 2. The summed E-state index contributed by atoms with van der Waals surface area (Å²) in [6.45, 7) is 1.49. The van der Waals surface area contributed by atoms with Crippen LogP contribution in [0.1, 0.15) is 5.56 Å². The molecular weight excluding hydrogens is 172 g/mol. The van der Waals surface area contributed by atoms with E-state index >= 15 is 0 Å². The van der Waals surface area contributed by atoms with Crippen molar-refractivity contribution >= 4 is 0 Å². The fourth-order valence-corrected chi connectivity index (χ4v) is 1.48. The highest BCUT2D eigenvalue weighted by atomic mass is 16.5. The van der Waals surface area contributed by atoms with E-state index < -0.39 is 0 Å². The van der Waals surface area contributed by atoms with Gasteiger partial charge in [-0.05, 0) is 5.56 Å². The van der Waals surface area contributed by atoms with E-state index in [1.165, 1.54) is 5.56 Å². The van der Waals surface area contributed by atoms with Crippen molar-refractivity contribution < 1.29 is 4.74 Å². The predicted octanol–water partition coefficient (Wildman–Crippen LogP) is 2.95. The van der Waals surface area contributed by atoms with Gasteiger partial charge in [-0.15, -0.1) is 0 Å². The highest BCUT2D eigenvalue weighted by molar-refractivity contribution is 5.17. The third kappa shape index (κ3) is 2.57. The van der Waals surface area contributed by atoms with E-state index in [4.69, 9.17) is 4.74 Å². The van der Waals surface area contributed by atoms with Gasteiger partial charge in [-0.25, -0.2) is 0 Å². The second kappa shape index (κ2) is 4.77. The normalized spacial score (nSPS) is 15.1. The average molecular weight is 186 g/mol. The monoisotopic (exact) mass is 186 g/mol. The van der Waals surface area contributed by atoms with Gasteiger partial charge in [-0.1, -0.05) is 54.6 Å². The van der Waals surface area contributed by atoms with Crippen LogP contribution in [-0.4, -0.2) is 6.61 Å². The van der Waals surface area contributed by atoms with Gasteiger partial charge in [-0.3, -0.25) is 0 Å². The molecule has 1 nitrogen and oxygen atoms in total.